The Bertz CT molecular complexity index is 367. The van der Waals surface area contributed by atoms with Gasteiger partial charge in [0.15, 0.2) is 0 Å². The lowest BCUT2D eigenvalue weighted by Gasteiger charge is -2.62. The number of alkyl carbamates (subject to hydrolysis) is 1. The summed E-state index contributed by atoms with van der Waals surface area (Å²) in [5.41, 5.74) is -0.132. The van der Waals surface area contributed by atoms with E-state index < -0.39 is 5.60 Å². The zero-order valence-electron chi connectivity index (χ0n) is 14.3. The Kier molecular flexibility index (Phi) is 4.86. The molecule has 0 aromatic heterocycles. The minimum absolute atomic E-state index is 0.264. The Morgan fingerprint density at radius 1 is 1.24 bits per heavy atom. The summed E-state index contributed by atoms with van der Waals surface area (Å²) < 4.78 is 5.39. The second kappa shape index (κ2) is 6.15. The van der Waals surface area contributed by atoms with Gasteiger partial charge in [0.2, 0.25) is 0 Å². The van der Waals surface area contributed by atoms with Crippen molar-refractivity contribution in [3.63, 3.8) is 0 Å². The van der Waals surface area contributed by atoms with Gasteiger partial charge in [-0.25, -0.2) is 4.79 Å². The zero-order chi connectivity index (χ0) is 15.7. The summed E-state index contributed by atoms with van der Waals surface area (Å²) in [4.78, 5) is 12.0. The molecule has 2 N–H and O–H groups in total. The van der Waals surface area contributed by atoms with Crippen molar-refractivity contribution in [1.29, 1.82) is 0 Å². The van der Waals surface area contributed by atoms with Crippen LogP contribution in [-0.2, 0) is 4.74 Å². The molecule has 2 aliphatic rings. The van der Waals surface area contributed by atoms with Crippen LogP contribution in [0.25, 0.3) is 0 Å². The molecule has 21 heavy (non-hydrogen) atoms. The number of amides is 1. The number of ether oxygens (including phenoxy) is 1. The molecular weight excluding hydrogens is 264 g/mol. The summed E-state index contributed by atoms with van der Waals surface area (Å²) in [7, 11) is 0. The molecule has 0 saturated heterocycles. The van der Waals surface area contributed by atoms with Gasteiger partial charge in [-0.1, -0.05) is 20.3 Å². The fraction of sp³-hybridized carbons (Fsp3) is 0.941. The second-order valence-corrected chi connectivity index (χ2v) is 7.75. The first-order valence-corrected chi connectivity index (χ1v) is 8.56. The monoisotopic (exact) mass is 296 g/mol. The molecule has 122 valence electrons. The van der Waals surface area contributed by atoms with E-state index in [0.717, 1.165) is 6.42 Å². The Hall–Kier alpha value is -0.770. The van der Waals surface area contributed by atoms with Crippen LogP contribution in [0, 0.1) is 5.41 Å². The van der Waals surface area contributed by atoms with Gasteiger partial charge in [0, 0.05) is 23.5 Å². The molecule has 1 amide bonds. The lowest BCUT2D eigenvalue weighted by molar-refractivity contribution is -0.0656. The number of rotatable bonds is 5. The normalized spacial score (nSPS) is 27.1. The molecule has 4 heteroatoms. The van der Waals surface area contributed by atoms with E-state index in [1.165, 1.54) is 32.1 Å². The van der Waals surface area contributed by atoms with Gasteiger partial charge in [0.25, 0.3) is 0 Å². The van der Waals surface area contributed by atoms with E-state index in [1.807, 2.05) is 20.8 Å². The first-order chi connectivity index (χ1) is 9.80. The summed E-state index contributed by atoms with van der Waals surface area (Å²) in [6.07, 6.45) is 6.86. The van der Waals surface area contributed by atoms with Crippen molar-refractivity contribution < 1.29 is 9.53 Å². The molecule has 0 radical (unpaired) electrons. The largest absolute Gasteiger partial charge is 0.444 e. The van der Waals surface area contributed by atoms with Crippen molar-refractivity contribution in [2.45, 2.75) is 96.9 Å². The first kappa shape index (κ1) is 16.6. The summed E-state index contributed by atoms with van der Waals surface area (Å²) in [6.45, 7) is 10.2. The van der Waals surface area contributed by atoms with E-state index in [2.05, 4.69) is 24.5 Å². The van der Waals surface area contributed by atoms with Crippen LogP contribution in [-0.4, -0.2) is 29.8 Å². The Balaban J connectivity index is 1.88. The van der Waals surface area contributed by atoms with Gasteiger partial charge in [-0.2, -0.15) is 0 Å². The van der Waals surface area contributed by atoms with Gasteiger partial charge in [0.1, 0.15) is 5.60 Å². The van der Waals surface area contributed by atoms with Crippen molar-refractivity contribution >= 4 is 6.09 Å². The molecule has 0 bridgehead atoms. The quantitative estimate of drug-likeness (QED) is 0.815. The van der Waals surface area contributed by atoms with Crippen LogP contribution >= 0.6 is 0 Å². The topological polar surface area (TPSA) is 50.4 Å². The highest BCUT2D eigenvalue weighted by atomic mass is 16.6. The van der Waals surface area contributed by atoms with Crippen molar-refractivity contribution in [2.24, 2.45) is 5.41 Å². The number of carbonyl (C=O) groups excluding carboxylic acids is 1. The number of nitrogens with one attached hydrogen (secondary N) is 2. The standard InChI is InChI=1S/C17H32N2O2/c1-6-12(7-2)18-13-11-14(17(13)9-8-10-17)19-15(20)21-16(3,4)5/h12-14,18H,6-11H2,1-5H3,(H,19,20). The molecule has 0 aromatic carbocycles. The van der Waals surface area contributed by atoms with Crippen LogP contribution in [0.4, 0.5) is 4.79 Å². The van der Waals surface area contributed by atoms with Crippen LogP contribution in [0.15, 0.2) is 0 Å². The Morgan fingerprint density at radius 3 is 2.29 bits per heavy atom. The lowest BCUT2D eigenvalue weighted by atomic mass is 9.49. The maximum Gasteiger partial charge on any atom is 0.407 e. The third-order valence-electron chi connectivity index (χ3n) is 5.26. The Labute approximate surface area is 129 Å². The van der Waals surface area contributed by atoms with E-state index >= 15 is 0 Å². The number of hydrogen-bond donors (Lipinski definition) is 2. The maximum absolute atomic E-state index is 12.0. The van der Waals surface area contributed by atoms with Gasteiger partial charge in [-0.05, 0) is 52.9 Å². The molecule has 0 aliphatic heterocycles. The van der Waals surface area contributed by atoms with Crippen molar-refractivity contribution in [3.8, 4) is 0 Å². The minimum atomic E-state index is -0.423. The highest BCUT2D eigenvalue weighted by Gasteiger charge is 2.58. The van der Waals surface area contributed by atoms with Gasteiger partial charge in [-0.15, -0.1) is 0 Å². The second-order valence-electron chi connectivity index (χ2n) is 7.75. The third kappa shape index (κ3) is 3.53. The molecule has 2 unspecified atom stereocenters. The third-order valence-corrected chi connectivity index (χ3v) is 5.26. The van der Waals surface area contributed by atoms with Crippen LogP contribution in [0.5, 0.6) is 0 Å². The van der Waals surface area contributed by atoms with Crippen LogP contribution < -0.4 is 10.6 Å². The van der Waals surface area contributed by atoms with Gasteiger partial charge in [-0.3, -0.25) is 0 Å². The maximum atomic E-state index is 12.0. The Morgan fingerprint density at radius 2 is 1.86 bits per heavy atom. The highest BCUT2D eigenvalue weighted by molar-refractivity contribution is 5.68. The summed E-state index contributed by atoms with van der Waals surface area (Å²) in [5.74, 6) is 0. The van der Waals surface area contributed by atoms with Gasteiger partial charge >= 0.3 is 6.09 Å². The zero-order valence-corrected chi connectivity index (χ0v) is 14.3. The molecule has 0 aromatic rings. The van der Waals surface area contributed by atoms with E-state index in [1.54, 1.807) is 0 Å². The molecule has 2 atom stereocenters. The summed E-state index contributed by atoms with van der Waals surface area (Å²) >= 11 is 0. The van der Waals surface area contributed by atoms with E-state index in [-0.39, 0.29) is 12.1 Å². The lowest BCUT2D eigenvalue weighted by Crippen LogP contribution is -2.72. The van der Waals surface area contributed by atoms with Gasteiger partial charge in [0.05, 0.1) is 0 Å². The molecule has 2 fully saturated rings. The fourth-order valence-electron chi connectivity index (χ4n) is 3.76. The predicted octanol–water partition coefficient (Wildman–Crippen LogP) is 3.60. The smallest absolute Gasteiger partial charge is 0.407 e. The molecule has 2 aliphatic carbocycles. The molecule has 2 saturated carbocycles. The van der Waals surface area contributed by atoms with Crippen molar-refractivity contribution in [1.82, 2.24) is 10.6 Å². The predicted molar refractivity (Wildman–Crippen MR) is 85.4 cm³/mol. The fourth-order valence-corrected chi connectivity index (χ4v) is 3.76. The van der Waals surface area contributed by atoms with Crippen molar-refractivity contribution in [3.05, 3.63) is 0 Å². The SMILES string of the molecule is CCC(CC)NC1CC(NC(=O)OC(C)(C)C)C12CCC2. The molecule has 0 heterocycles. The van der Waals surface area contributed by atoms with Crippen LogP contribution in [0.3, 0.4) is 0 Å². The molecule has 2 rings (SSSR count). The highest BCUT2D eigenvalue weighted by Crippen LogP contribution is 2.56. The summed E-state index contributed by atoms with van der Waals surface area (Å²) in [6, 6.07) is 1.46. The van der Waals surface area contributed by atoms with Gasteiger partial charge < -0.3 is 15.4 Å². The minimum Gasteiger partial charge on any atom is -0.444 e. The van der Waals surface area contributed by atoms with E-state index in [4.69, 9.17) is 4.74 Å². The average molecular weight is 296 g/mol. The molecule has 1 spiro atoms. The average Bonchev–Trinajstić information content (AvgIpc) is 2.28. The van der Waals surface area contributed by atoms with Crippen molar-refractivity contribution in [2.75, 3.05) is 0 Å². The summed E-state index contributed by atoms with van der Waals surface area (Å²) in [5, 5.41) is 6.91. The van der Waals surface area contributed by atoms with Crippen LogP contribution in [0.1, 0.15) is 73.1 Å². The number of hydrogen-bond acceptors (Lipinski definition) is 3. The first-order valence-electron chi connectivity index (χ1n) is 8.56. The van der Waals surface area contributed by atoms with E-state index in [0.29, 0.717) is 17.5 Å². The number of carbonyl (C=O) groups is 1. The molecular formula is C17H32N2O2. The molecule has 4 nitrogen and oxygen atoms in total. The van der Waals surface area contributed by atoms with Crippen LogP contribution in [0.2, 0.25) is 0 Å². The van der Waals surface area contributed by atoms with E-state index in [9.17, 15) is 4.79 Å².